The number of aryl methyl sites for hydroxylation is 2. The smallest absolute Gasteiger partial charge is 0.248 e. The lowest BCUT2D eigenvalue weighted by Crippen LogP contribution is -2.12. The van der Waals surface area contributed by atoms with Crippen LogP contribution in [0.2, 0.25) is 0 Å². The lowest BCUT2D eigenvalue weighted by atomic mass is 10.1. The molecule has 1 N–H and O–H groups in total. The molecule has 0 saturated carbocycles. The van der Waals surface area contributed by atoms with Crippen LogP contribution < -0.4 is 5.32 Å². The highest BCUT2D eigenvalue weighted by atomic mass is 79.9. The predicted octanol–water partition coefficient (Wildman–Crippen LogP) is 6.29. The third-order valence-corrected chi connectivity index (χ3v) is 6.21. The lowest BCUT2D eigenvalue weighted by molar-refractivity contribution is -0.116. The van der Waals surface area contributed by atoms with Gasteiger partial charge < -0.3 is 14.3 Å². The van der Waals surface area contributed by atoms with Crippen LogP contribution >= 0.6 is 15.9 Å². The fraction of sp³-hybridized carbons (Fsp3) is 0.160. The summed E-state index contributed by atoms with van der Waals surface area (Å²) in [7, 11) is 0. The van der Waals surface area contributed by atoms with Crippen LogP contribution in [0.1, 0.15) is 12.3 Å². The molecule has 0 saturated heterocycles. The van der Waals surface area contributed by atoms with Crippen molar-refractivity contribution in [1.29, 1.82) is 0 Å². The van der Waals surface area contributed by atoms with Crippen molar-refractivity contribution in [3.63, 3.8) is 0 Å². The van der Waals surface area contributed by atoms with Crippen molar-refractivity contribution < 1.29 is 18.0 Å². The number of carbonyl (C=O) groups excluding carboxylic acids is 1. The summed E-state index contributed by atoms with van der Waals surface area (Å²) in [4.78, 5) is 12.6. The largest absolute Gasteiger partial charge is 0.421 e. The van der Waals surface area contributed by atoms with Crippen molar-refractivity contribution in [2.24, 2.45) is 0 Å². The van der Waals surface area contributed by atoms with E-state index in [-0.39, 0.29) is 37.0 Å². The molecule has 6 nitrogen and oxygen atoms in total. The summed E-state index contributed by atoms with van der Waals surface area (Å²) in [6.07, 6.45) is 0.406. The molecule has 0 aliphatic carbocycles. The van der Waals surface area contributed by atoms with Crippen LogP contribution in [-0.4, -0.2) is 27.3 Å². The average Bonchev–Trinajstić information content (AvgIpc) is 3.41. The molecule has 0 atom stereocenters. The van der Waals surface area contributed by atoms with E-state index in [0.29, 0.717) is 21.6 Å². The first-order valence-corrected chi connectivity index (χ1v) is 11.5. The lowest BCUT2D eigenvalue weighted by Gasteiger charge is -2.06. The molecule has 2 heterocycles. The van der Waals surface area contributed by atoms with Crippen LogP contribution in [0.4, 0.5) is 14.5 Å². The Morgan fingerprint density at radius 3 is 2.68 bits per heavy atom. The number of carbonyl (C=O) groups is 1. The highest BCUT2D eigenvalue weighted by molar-refractivity contribution is 9.10. The normalized spacial score (nSPS) is 11.4. The summed E-state index contributed by atoms with van der Waals surface area (Å²) in [6.45, 7) is -0.182. The van der Waals surface area contributed by atoms with Crippen molar-refractivity contribution in [2.75, 3.05) is 12.0 Å². The second-order valence-electron chi connectivity index (χ2n) is 7.76. The summed E-state index contributed by atoms with van der Waals surface area (Å²) in [5, 5.41) is 12.8. The van der Waals surface area contributed by atoms with Crippen LogP contribution in [0, 0.1) is 5.82 Å². The summed E-state index contributed by atoms with van der Waals surface area (Å²) >= 11 is 3.28. The molecule has 0 radical (unpaired) electrons. The number of fused-ring (bicyclic) bond motifs is 3. The molecule has 9 heteroatoms. The van der Waals surface area contributed by atoms with Gasteiger partial charge in [-0.25, -0.2) is 8.78 Å². The molecule has 0 bridgehead atoms. The second-order valence-corrected chi connectivity index (χ2v) is 8.62. The maximum Gasteiger partial charge on any atom is 0.248 e. The molecule has 5 aromatic rings. The van der Waals surface area contributed by atoms with E-state index in [2.05, 4.69) is 31.4 Å². The first-order chi connectivity index (χ1) is 16.5. The van der Waals surface area contributed by atoms with Gasteiger partial charge in [0, 0.05) is 44.8 Å². The van der Waals surface area contributed by atoms with E-state index in [1.54, 1.807) is 6.07 Å². The van der Waals surface area contributed by atoms with Crippen LogP contribution in [0.3, 0.4) is 0 Å². The molecule has 172 valence electrons. The van der Waals surface area contributed by atoms with Gasteiger partial charge in [0.25, 0.3) is 0 Å². The minimum atomic E-state index is -0.457. The maximum absolute atomic E-state index is 13.3. The van der Waals surface area contributed by atoms with E-state index in [1.165, 1.54) is 12.1 Å². The van der Waals surface area contributed by atoms with E-state index in [9.17, 15) is 13.6 Å². The Labute approximate surface area is 201 Å². The molecule has 5 rings (SSSR count). The Hall–Kier alpha value is -3.59. The minimum absolute atomic E-state index is 0.147. The highest BCUT2D eigenvalue weighted by Gasteiger charge is 2.15. The summed E-state index contributed by atoms with van der Waals surface area (Å²) < 4.78 is 34.5. The van der Waals surface area contributed by atoms with E-state index >= 15 is 0 Å². The van der Waals surface area contributed by atoms with Gasteiger partial charge in [-0.3, -0.25) is 4.79 Å². The van der Waals surface area contributed by atoms with Crippen LogP contribution in [0.15, 0.2) is 69.6 Å². The molecule has 0 unspecified atom stereocenters. The molecular formula is C25H19BrF2N4O2. The molecule has 0 spiro atoms. The second kappa shape index (κ2) is 9.34. The van der Waals surface area contributed by atoms with Gasteiger partial charge in [-0.05, 0) is 58.4 Å². The SMILES string of the molecule is O=C(CCc1nnc(-c2ccc(F)cc2Br)o1)Nc1ccc2c(c1)c1ccccc1n2CCF. The Morgan fingerprint density at radius 1 is 1.03 bits per heavy atom. The van der Waals surface area contributed by atoms with Crippen LogP contribution in [0.5, 0.6) is 0 Å². The Balaban J connectivity index is 1.29. The number of rotatable bonds is 7. The van der Waals surface area contributed by atoms with Gasteiger partial charge in [0.2, 0.25) is 17.7 Å². The number of hydrogen-bond donors (Lipinski definition) is 1. The van der Waals surface area contributed by atoms with Gasteiger partial charge in [-0.1, -0.05) is 18.2 Å². The maximum atomic E-state index is 13.3. The first-order valence-electron chi connectivity index (χ1n) is 10.7. The van der Waals surface area contributed by atoms with Gasteiger partial charge in [0.05, 0.1) is 12.1 Å². The van der Waals surface area contributed by atoms with E-state index in [4.69, 9.17) is 4.42 Å². The monoisotopic (exact) mass is 524 g/mol. The van der Waals surface area contributed by atoms with Crippen molar-refractivity contribution in [2.45, 2.75) is 19.4 Å². The molecule has 3 aromatic carbocycles. The fourth-order valence-electron chi connectivity index (χ4n) is 4.03. The van der Waals surface area contributed by atoms with Gasteiger partial charge in [0.1, 0.15) is 12.5 Å². The van der Waals surface area contributed by atoms with E-state index in [1.807, 2.05) is 47.0 Å². The predicted molar refractivity (Wildman–Crippen MR) is 130 cm³/mol. The number of alkyl halides is 1. The zero-order chi connectivity index (χ0) is 23.7. The van der Waals surface area contributed by atoms with Crippen molar-refractivity contribution in [1.82, 2.24) is 14.8 Å². The van der Waals surface area contributed by atoms with E-state index < -0.39 is 6.67 Å². The number of anilines is 1. The number of para-hydroxylation sites is 1. The number of nitrogens with zero attached hydrogens (tertiary/aromatic N) is 3. The van der Waals surface area contributed by atoms with Gasteiger partial charge in [-0.15, -0.1) is 10.2 Å². The third-order valence-electron chi connectivity index (χ3n) is 5.56. The standard InChI is InChI=1S/C25H19BrF2N4O2/c26-20-13-15(28)5-7-18(20)25-31-30-24(34-25)10-9-23(33)29-16-6-8-22-19(14-16)17-3-1-2-4-21(17)32(22)12-11-27/h1-8,13-14H,9-12H2,(H,29,33). The zero-order valence-electron chi connectivity index (χ0n) is 17.9. The van der Waals surface area contributed by atoms with Crippen LogP contribution in [0.25, 0.3) is 33.3 Å². The quantitative estimate of drug-likeness (QED) is 0.271. The third kappa shape index (κ3) is 4.31. The molecule has 2 aromatic heterocycles. The number of aromatic nitrogens is 3. The molecule has 1 amide bonds. The topological polar surface area (TPSA) is 72.9 Å². The molecule has 0 fully saturated rings. The first kappa shape index (κ1) is 22.2. The van der Waals surface area contributed by atoms with E-state index in [0.717, 1.165) is 21.8 Å². The van der Waals surface area contributed by atoms with Gasteiger partial charge >= 0.3 is 0 Å². The number of nitrogens with one attached hydrogen (secondary N) is 1. The van der Waals surface area contributed by atoms with Gasteiger partial charge in [-0.2, -0.15) is 0 Å². The van der Waals surface area contributed by atoms with Crippen molar-refractivity contribution in [3.8, 4) is 11.5 Å². The van der Waals surface area contributed by atoms with Crippen molar-refractivity contribution >= 4 is 49.3 Å². The molecule has 0 aliphatic heterocycles. The Kier molecular flexibility index (Phi) is 6.10. The zero-order valence-corrected chi connectivity index (χ0v) is 19.5. The average molecular weight is 525 g/mol. The molecule has 34 heavy (non-hydrogen) atoms. The Bertz CT molecular complexity index is 1510. The fourth-order valence-corrected chi connectivity index (χ4v) is 4.55. The van der Waals surface area contributed by atoms with Gasteiger partial charge in [0.15, 0.2) is 0 Å². The molecule has 0 aliphatic rings. The Morgan fingerprint density at radius 2 is 1.85 bits per heavy atom. The summed E-state index contributed by atoms with van der Waals surface area (Å²) in [5.41, 5.74) is 3.10. The number of hydrogen-bond acceptors (Lipinski definition) is 4. The highest BCUT2D eigenvalue weighted by Crippen LogP contribution is 2.31. The van der Waals surface area contributed by atoms with Crippen LogP contribution in [-0.2, 0) is 17.8 Å². The van der Waals surface area contributed by atoms with Crippen molar-refractivity contribution in [3.05, 3.63) is 76.8 Å². The molecular weight excluding hydrogens is 506 g/mol. The number of benzene rings is 3. The minimum Gasteiger partial charge on any atom is -0.421 e. The summed E-state index contributed by atoms with van der Waals surface area (Å²) in [5.74, 6) is -0.0183. The summed E-state index contributed by atoms with van der Waals surface area (Å²) in [6, 6.07) is 17.6. The number of halogens is 3. The number of amides is 1.